The number of nitrogens with zero attached hydrogens (tertiary/aromatic N) is 7. The molecule has 9 heteroatoms. The lowest BCUT2D eigenvalue weighted by molar-refractivity contribution is -0.593. The van der Waals surface area contributed by atoms with Crippen molar-refractivity contribution >= 4 is 11.2 Å². The van der Waals surface area contributed by atoms with Gasteiger partial charge in [-0.05, 0) is 46.2 Å². The first kappa shape index (κ1) is 22.5. The average molecular weight is 489 g/mol. The summed E-state index contributed by atoms with van der Waals surface area (Å²) < 4.78 is 3.03. The van der Waals surface area contributed by atoms with Gasteiger partial charge in [-0.2, -0.15) is 4.73 Å². The number of hydrogen-bond donors (Lipinski definition) is 1. The molecule has 0 amide bonds. The Morgan fingerprint density at radius 2 is 1.70 bits per heavy atom. The molecule has 0 fully saturated rings. The van der Waals surface area contributed by atoms with Gasteiger partial charge < -0.3 is 9.77 Å². The van der Waals surface area contributed by atoms with Gasteiger partial charge in [0.15, 0.2) is 17.7 Å². The second-order valence-electron chi connectivity index (χ2n) is 8.84. The van der Waals surface area contributed by atoms with Crippen molar-refractivity contribution in [1.29, 1.82) is 0 Å². The maximum Gasteiger partial charge on any atom is 0.225 e. The molecule has 4 aromatic heterocycles. The molecule has 6 aromatic rings. The Morgan fingerprint density at radius 1 is 0.919 bits per heavy atom. The Morgan fingerprint density at radius 3 is 2.43 bits per heavy atom. The van der Waals surface area contributed by atoms with E-state index in [1.54, 1.807) is 12.1 Å². The molecule has 0 aliphatic carbocycles. The molecule has 0 spiro atoms. The van der Waals surface area contributed by atoms with E-state index < -0.39 is 0 Å². The molecule has 0 aliphatic heterocycles. The number of tetrazole rings is 1. The highest BCUT2D eigenvalue weighted by atomic mass is 16.5. The molecule has 0 saturated heterocycles. The topological polar surface area (TPSA) is 112 Å². The average Bonchev–Trinajstić information content (AvgIpc) is 3.58. The van der Waals surface area contributed by atoms with Crippen molar-refractivity contribution in [2.45, 2.75) is 26.8 Å². The van der Waals surface area contributed by atoms with Crippen LogP contribution in [0.5, 0.6) is 0 Å². The number of rotatable bonds is 6. The maximum absolute atomic E-state index is 12.3. The Hall–Kier alpha value is -4.92. The number of fused-ring (bicyclic) bond motifs is 1. The summed E-state index contributed by atoms with van der Waals surface area (Å²) in [4.78, 5) is 9.75. The van der Waals surface area contributed by atoms with E-state index in [0.717, 1.165) is 61.7 Å². The van der Waals surface area contributed by atoms with E-state index in [9.17, 15) is 5.21 Å². The first-order valence-electron chi connectivity index (χ1n) is 12.1. The van der Waals surface area contributed by atoms with Gasteiger partial charge in [0.1, 0.15) is 11.3 Å². The van der Waals surface area contributed by atoms with Crippen LogP contribution in [0.3, 0.4) is 0 Å². The van der Waals surface area contributed by atoms with E-state index in [4.69, 9.17) is 9.97 Å². The minimum atomic E-state index is 0.568. The lowest BCUT2D eigenvalue weighted by Crippen LogP contribution is -2.28. The van der Waals surface area contributed by atoms with Crippen molar-refractivity contribution in [2.75, 3.05) is 0 Å². The molecule has 37 heavy (non-hydrogen) atoms. The Balaban J connectivity index is 1.35. The molecule has 1 N–H and O–H groups in total. The number of benzene rings is 2. The van der Waals surface area contributed by atoms with Gasteiger partial charge in [0.05, 0.1) is 17.8 Å². The smallest absolute Gasteiger partial charge is 0.225 e. The molecule has 0 saturated carbocycles. The van der Waals surface area contributed by atoms with Crippen molar-refractivity contribution in [3.8, 4) is 33.8 Å². The van der Waals surface area contributed by atoms with Gasteiger partial charge in [0.2, 0.25) is 5.69 Å². The molecule has 0 atom stereocenters. The molecule has 0 radical (unpaired) electrons. The zero-order valence-electron chi connectivity index (χ0n) is 20.5. The molecule has 6 rings (SSSR count). The number of imidazole rings is 1. The van der Waals surface area contributed by atoms with Crippen LogP contribution in [0.2, 0.25) is 0 Å². The maximum atomic E-state index is 12.3. The lowest BCUT2D eigenvalue weighted by Gasteiger charge is -2.11. The van der Waals surface area contributed by atoms with Gasteiger partial charge in [-0.1, -0.05) is 55.5 Å². The van der Waals surface area contributed by atoms with Crippen LogP contribution in [-0.2, 0) is 13.0 Å². The fraction of sp³-hybridized carbons (Fsp3) is 0.143. The Kier molecular flexibility index (Phi) is 5.65. The third-order valence-corrected chi connectivity index (χ3v) is 6.54. The van der Waals surface area contributed by atoms with Crippen LogP contribution in [0, 0.1) is 12.1 Å². The summed E-state index contributed by atoms with van der Waals surface area (Å²) in [5.74, 6) is 1.59. The second-order valence-corrected chi connectivity index (χ2v) is 8.84. The molecule has 2 aromatic carbocycles. The molecular weight excluding hydrogens is 464 g/mol. The first-order valence-corrected chi connectivity index (χ1v) is 12.1. The Bertz CT molecular complexity index is 1710. The van der Waals surface area contributed by atoms with Crippen LogP contribution in [-0.4, -0.2) is 35.2 Å². The summed E-state index contributed by atoms with van der Waals surface area (Å²) in [6, 6.07) is 23.9. The number of aryl methyl sites for hydroxylation is 2. The van der Waals surface area contributed by atoms with Crippen LogP contribution in [0.1, 0.15) is 24.0 Å². The second kappa shape index (κ2) is 9.27. The molecule has 0 bridgehead atoms. The normalized spacial score (nSPS) is 11.3. The zero-order valence-corrected chi connectivity index (χ0v) is 20.5. The summed E-state index contributed by atoms with van der Waals surface area (Å²) in [5.41, 5.74) is 7.97. The molecule has 182 valence electrons. The summed E-state index contributed by atoms with van der Waals surface area (Å²) in [6.45, 7) is 4.67. The monoisotopic (exact) mass is 488 g/mol. The summed E-state index contributed by atoms with van der Waals surface area (Å²) in [7, 11) is 0. The third-order valence-electron chi connectivity index (χ3n) is 6.54. The molecule has 0 unspecified atom stereocenters. The quantitative estimate of drug-likeness (QED) is 0.273. The van der Waals surface area contributed by atoms with E-state index >= 15 is 0 Å². The summed E-state index contributed by atoms with van der Waals surface area (Å²) in [5, 5.41) is 26.7. The standard InChI is InChI=1S/C28H24N8O/c1-3-26-30-24-16-23(25-10-6-7-15-36(25)37)18(2)29-28(24)35(26)17-19-11-13-20(14-12-19)21-8-4-5-9-22(21)27-31-33-34-32-27/h4-16H,3,17H2,1-2H3,(H,31,32,33,34). The third kappa shape index (κ3) is 4.10. The van der Waals surface area contributed by atoms with Gasteiger partial charge in [-0.15, -0.1) is 5.10 Å². The highest BCUT2D eigenvalue weighted by Crippen LogP contribution is 2.30. The van der Waals surface area contributed by atoms with Crippen molar-refractivity contribution < 1.29 is 4.73 Å². The van der Waals surface area contributed by atoms with Crippen molar-refractivity contribution in [3.05, 3.63) is 101 Å². The number of H-pyrrole nitrogens is 1. The van der Waals surface area contributed by atoms with Crippen molar-refractivity contribution in [1.82, 2.24) is 35.2 Å². The molecule has 9 nitrogen and oxygen atoms in total. The number of hydrogen-bond acceptors (Lipinski definition) is 6. The van der Waals surface area contributed by atoms with Gasteiger partial charge in [0, 0.05) is 24.1 Å². The van der Waals surface area contributed by atoms with Crippen molar-refractivity contribution in [3.63, 3.8) is 0 Å². The predicted molar refractivity (Wildman–Crippen MR) is 140 cm³/mol. The van der Waals surface area contributed by atoms with Crippen LogP contribution in [0.15, 0.2) is 79.0 Å². The van der Waals surface area contributed by atoms with Crippen LogP contribution >= 0.6 is 0 Å². The van der Waals surface area contributed by atoms with Gasteiger partial charge in [-0.25, -0.2) is 15.1 Å². The lowest BCUT2D eigenvalue weighted by atomic mass is 9.98. The van der Waals surface area contributed by atoms with E-state index in [1.807, 2.05) is 37.3 Å². The van der Waals surface area contributed by atoms with Gasteiger partial charge in [-0.3, -0.25) is 0 Å². The van der Waals surface area contributed by atoms with E-state index in [2.05, 4.69) is 62.4 Å². The van der Waals surface area contributed by atoms with Crippen LogP contribution in [0.25, 0.3) is 44.9 Å². The Labute approximate surface area is 213 Å². The number of pyridine rings is 2. The largest absolute Gasteiger partial charge is 0.618 e. The SMILES string of the molecule is CCc1nc2cc(-c3cccc[n+]3[O-])c(C)nc2n1Cc1ccc(-c2ccccc2-c2nnn[nH]2)cc1. The predicted octanol–water partition coefficient (Wildman–Crippen LogP) is 4.50. The van der Waals surface area contributed by atoms with E-state index in [0.29, 0.717) is 18.1 Å². The van der Waals surface area contributed by atoms with E-state index in [-0.39, 0.29) is 0 Å². The summed E-state index contributed by atoms with van der Waals surface area (Å²) >= 11 is 0. The van der Waals surface area contributed by atoms with Crippen LogP contribution in [0.4, 0.5) is 0 Å². The minimum Gasteiger partial charge on any atom is -0.618 e. The fourth-order valence-electron chi connectivity index (χ4n) is 4.70. The van der Waals surface area contributed by atoms with Crippen molar-refractivity contribution in [2.24, 2.45) is 0 Å². The molecule has 0 aliphatic rings. The van der Waals surface area contributed by atoms with Gasteiger partial charge >= 0.3 is 0 Å². The van der Waals surface area contributed by atoms with E-state index in [1.165, 1.54) is 6.20 Å². The van der Waals surface area contributed by atoms with Gasteiger partial charge in [0.25, 0.3) is 0 Å². The fourth-order valence-corrected chi connectivity index (χ4v) is 4.70. The summed E-state index contributed by atoms with van der Waals surface area (Å²) in [6.07, 6.45) is 2.27. The first-order chi connectivity index (χ1) is 18.1. The minimum absolute atomic E-state index is 0.568. The zero-order chi connectivity index (χ0) is 25.4. The molecular formula is C28H24N8O. The molecule has 4 heterocycles. The highest BCUT2D eigenvalue weighted by Gasteiger charge is 2.18. The number of aromatic nitrogens is 8. The number of nitrogens with one attached hydrogen (secondary N) is 1. The highest BCUT2D eigenvalue weighted by molar-refractivity contribution is 5.81. The number of aromatic amines is 1. The van der Waals surface area contributed by atoms with Crippen LogP contribution < -0.4 is 4.73 Å².